The fourth-order valence-electron chi connectivity index (χ4n) is 4.55. The number of hydrogen-bond donors (Lipinski definition) is 0. The van der Waals surface area contributed by atoms with Crippen molar-refractivity contribution >= 4 is 17.7 Å². The van der Waals surface area contributed by atoms with E-state index in [0.717, 1.165) is 32.2 Å². The van der Waals surface area contributed by atoms with Gasteiger partial charge in [0.25, 0.3) is 17.7 Å². The van der Waals surface area contributed by atoms with Gasteiger partial charge in [0, 0.05) is 37.3 Å². The van der Waals surface area contributed by atoms with Crippen LogP contribution in [0.2, 0.25) is 0 Å². The predicted octanol–water partition coefficient (Wildman–Crippen LogP) is 2.16. The van der Waals surface area contributed by atoms with E-state index in [0.29, 0.717) is 41.9 Å². The Hall–Kier alpha value is -2.25. The van der Waals surface area contributed by atoms with Crippen molar-refractivity contribution in [3.05, 3.63) is 34.9 Å². The van der Waals surface area contributed by atoms with Crippen LogP contribution in [0, 0.1) is 0 Å². The quantitative estimate of drug-likeness (QED) is 0.613. The summed E-state index contributed by atoms with van der Waals surface area (Å²) in [4.78, 5) is 44.4. The van der Waals surface area contributed by atoms with Gasteiger partial charge in [-0.3, -0.25) is 19.3 Å². The minimum atomic E-state index is -0.313. The summed E-state index contributed by atoms with van der Waals surface area (Å²) < 4.78 is 5.59. The van der Waals surface area contributed by atoms with Crippen molar-refractivity contribution in [2.24, 2.45) is 0 Å². The molecule has 3 fully saturated rings. The molecule has 160 valence electrons. The number of fused-ring (bicyclic) bond motifs is 1. The maximum absolute atomic E-state index is 13.3. The summed E-state index contributed by atoms with van der Waals surface area (Å²) in [5, 5.41) is 0. The van der Waals surface area contributed by atoms with E-state index in [1.54, 1.807) is 18.2 Å². The molecule has 0 unspecified atom stereocenters. The van der Waals surface area contributed by atoms with Crippen molar-refractivity contribution in [1.82, 2.24) is 14.7 Å². The number of ether oxygens (including phenoxy) is 1. The summed E-state index contributed by atoms with van der Waals surface area (Å²) in [6, 6.07) is 5.92. The van der Waals surface area contributed by atoms with E-state index in [1.807, 2.05) is 4.90 Å². The van der Waals surface area contributed by atoms with Gasteiger partial charge < -0.3 is 14.5 Å². The molecule has 1 aromatic carbocycles. The van der Waals surface area contributed by atoms with Gasteiger partial charge in [-0.15, -0.1) is 0 Å². The van der Waals surface area contributed by atoms with Gasteiger partial charge in [-0.2, -0.15) is 0 Å². The number of carbonyl (C=O) groups excluding carboxylic acids is 3. The van der Waals surface area contributed by atoms with Crippen molar-refractivity contribution in [1.29, 1.82) is 0 Å². The second-order valence-corrected chi connectivity index (χ2v) is 9.06. The van der Waals surface area contributed by atoms with Crippen molar-refractivity contribution in [3.63, 3.8) is 0 Å². The summed E-state index contributed by atoms with van der Waals surface area (Å²) in [6.45, 7) is 2.53. The third-order valence-electron chi connectivity index (χ3n) is 6.74. The van der Waals surface area contributed by atoms with E-state index in [1.165, 1.54) is 17.7 Å². The Bertz CT molecular complexity index is 871. The van der Waals surface area contributed by atoms with Crippen LogP contribution < -0.4 is 0 Å². The second kappa shape index (κ2) is 7.78. The van der Waals surface area contributed by atoms with Crippen LogP contribution in [0.25, 0.3) is 0 Å². The number of nitrogens with zero attached hydrogens (tertiary/aromatic N) is 3. The molecule has 4 aliphatic rings. The number of carbonyl (C=O) groups is 3. The Morgan fingerprint density at radius 2 is 1.77 bits per heavy atom. The Morgan fingerprint density at radius 3 is 2.43 bits per heavy atom. The average Bonchev–Trinajstić information content (AvgIpc) is 3.68. The van der Waals surface area contributed by atoms with E-state index in [4.69, 9.17) is 4.74 Å². The van der Waals surface area contributed by atoms with Crippen LogP contribution in [-0.4, -0.2) is 83.9 Å². The maximum atomic E-state index is 13.3. The Kier molecular flexibility index (Phi) is 5.11. The molecule has 2 aliphatic carbocycles. The molecule has 1 saturated heterocycles. The highest BCUT2D eigenvalue weighted by molar-refractivity contribution is 6.22. The molecule has 0 radical (unpaired) electrons. The summed E-state index contributed by atoms with van der Waals surface area (Å²) in [6.07, 6.45) is 6.31. The predicted molar refractivity (Wildman–Crippen MR) is 110 cm³/mol. The van der Waals surface area contributed by atoms with Gasteiger partial charge in [0.1, 0.15) is 0 Å². The van der Waals surface area contributed by atoms with Gasteiger partial charge in [-0.05, 0) is 63.8 Å². The number of amides is 3. The molecule has 1 atom stereocenters. The zero-order valence-corrected chi connectivity index (χ0v) is 17.5. The van der Waals surface area contributed by atoms with Crippen molar-refractivity contribution in [3.8, 4) is 0 Å². The highest BCUT2D eigenvalue weighted by Crippen LogP contribution is 2.31. The van der Waals surface area contributed by atoms with Gasteiger partial charge >= 0.3 is 0 Å². The largest absolute Gasteiger partial charge is 0.376 e. The average molecular weight is 412 g/mol. The molecule has 7 nitrogen and oxygen atoms in total. The van der Waals surface area contributed by atoms with Crippen LogP contribution >= 0.6 is 0 Å². The Morgan fingerprint density at radius 1 is 1.03 bits per heavy atom. The third kappa shape index (κ3) is 3.76. The molecule has 2 saturated carbocycles. The number of likely N-dealkylation sites (N-methyl/N-ethyl adjacent to an activating group) is 1. The van der Waals surface area contributed by atoms with Crippen LogP contribution in [0.15, 0.2) is 18.2 Å². The van der Waals surface area contributed by atoms with Crippen LogP contribution in [0.1, 0.15) is 69.6 Å². The monoisotopic (exact) mass is 411 g/mol. The van der Waals surface area contributed by atoms with Gasteiger partial charge in [0.15, 0.2) is 0 Å². The molecule has 0 bridgehead atoms. The summed E-state index contributed by atoms with van der Waals surface area (Å²) in [7, 11) is 2.12. The van der Waals surface area contributed by atoms with E-state index in [2.05, 4.69) is 11.9 Å². The highest BCUT2D eigenvalue weighted by atomic mass is 16.5. The number of imide groups is 1. The zero-order valence-electron chi connectivity index (χ0n) is 17.5. The molecular weight excluding hydrogens is 382 g/mol. The van der Waals surface area contributed by atoms with Crippen molar-refractivity contribution < 1.29 is 19.1 Å². The molecule has 0 spiro atoms. The standard InChI is InChI=1S/C23H29N3O4/c1-24(16-5-6-16)10-11-25(17-7-8-17)21(27)15-4-9-19-20(13-15)23(29)26(22(19)28)14-18-3-2-12-30-18/h4,9,13,16-18H,2-3,5-8,10-12,14H2,1H3/t18-/m0/s1. The van der Waals surface area contributed by atoms with Crippen molar-refractivity contribution in [2.75, 3.05) is 33.3 Å². The first kappa shape index (κ1) is 19.7. The van der Waals surface area contributed by atoms with Crippen LogP contribution in [-0.2, 0) is 4.74 Å². The van der Waals surface area contributed by atoms with E-state index < -0.39 is 0 Å². The second-order valence-electron chi connectivity index (χ2n) is 9.06. The van der Waals surface area contributed by atoms with E-state index in [9.17, 15) is 14.4 Å². The molecule has 2 heterocycles. The Labute approximate surface area is 176 Å². The maximum Gasteiger partial charge on any atom is 0.261 e. The molecule has 30 heavy (non-hydrogen) atoms. The molecule has 7 heteroatoms. The van der Waals surface area contributed by atoms with E-state index >= 15 is 0 Å². The fourth-order valence-corrected chi connectivity index (χ4v) is 4.55. The number of rotatable bonds is 8. The first-order valence-corrected chi connectivity index (χ1v) is 11.2. The smallest absolute Gasteiger partial charge is 0.261 e. The Balaban J connectivity index is 1.31. The molecule has 0 aromatic heterocycles. The van der Waals surface area contributed by atoms with Gasteiger partial charge in [-0.25, -0.2) is 0 Å². The van der Waals surface area contributed by atoms with Crippen molar-refractivity contribution in [2.45, 2.75) is 56.7 Å². The fraction of sp³-hybridized carbons (Fsp3) is 0.609. The minimum Gasteiger partial charge on any atom is -0.376 e. The number of benzene rings is 1. The van der Waals surface area contributed by atoms with Gasteiger partial charge in [0.05, 0.1) is 23.8 Å². The highest BCUT2D eigenvalue weighted by Gasteiger charge is 2.39. The van der Waals surface area contributed by atoms with Crippen LogP contribution in [0.4, 0.5) is 0 Å². The van der Waals surface area contributed by atoms with Crippen LogP contribution in [0.3, 0.4) is 0 Å². The SMILES string of the molecule is CN(CCN(C(=O)c1ccc2c(c1)C(=O)N(C[C@@H]1CCCO1)C2=O)C1CC1)C1CC1. The lowest BCUT2D eigenvalue weighted by molar-refractivity contribution is 0.0475. The summed E-state index contributed by atoms with van der Waals surface area (Å²) in [5.74, 6) is -0.636. The molecule has 2 aliphatic heterocycles. The lowest BCUT2D eigenvalue weighted by atomic mass is 10.0. The lowest BCUT2D eigenvalue weighted by Crippen LogP contribution is -2.39. The molecule has 0 N–H and O–H groups in total. The minimum absolute atomic E-state index is 0.0395. The normalized spacial score (nSPS) is 23.4. The first-order valence-electron chi connectivity index (χ1n) is 11.2. The number of hydrogen-bond acceptors (Lipinski definition) is 5. The summed E-state index contributed by atoms with van der Waals surface area (Å²) >= 11 is 0. The van der Waals surface area contributed by atoms with Gasteiger partial charge in [0.2, 0.25) is 0 Å². The summed E-state index contributed by atoms with van der Waals surface area (Å²) in [5.41, 5.74) is 1.23. The third-order valence-corrected chi connectivity index (χ3v) is 6.74. The van der Waals surface area contributed by atoms with Gasteiger partial charge in [-0.1, -0.05) is 0 Å². The molecular formula is C23H29N3O4. The van der Waals surface area contributed by atoms with Crippen LogP contribution in [0.5, 0.6) is 0 Å². The zero-order chi connectivity index (χ0) is 20.8. The lowest BCUT2D eigenvalue weighted by Gasteiger charge is -2.26. The molecule has 3 amide bonds. The topological polar surface area (TPSA) is 70.2 Å². The first-order chi connectivity index (χ1) is 14.5. The molecule has 5 rings (SSSR count). The molecule has 1 aromatic rings. The van der Waals surface area contributed by atoms with E-state index in [-0.39, 0.29) is 30.4 Å².